The number of carbonyl (C=O) groups is 1. The average Bonchev–Trinajstić information content (AvgIpc) is 2.87. The number of halogens is 2. The predicted octanol–water partition coefficient (Wildman–Crippen LogP) is 2.61. The Morgan fingerprint density at radius 3 is 2.62 bits per heavy atom. The number of anilines is 1. The number of hydrogen-bond donors (Lipinski definition) is 2. The van der Waals surface area contributed by atoms with Gasteiger partial charge in [-0.15, -0.1) is 0 Å². The molecular formula is C11H9Cl2N3O3S2. The van der Waals surface area contributed by atoms with Crippen molar-refractivity contribution in [1.29, 1.82) is 0 Å². The van der Waals surface area contributed by atoms with Gasteiger partial charge in [-0.1, -0.05) is 34.5 Å². The van der Waals surface area contributed by atoms with Gasteiger partial charge in [0.25, 0.3) is 15.9 Å². The number of amides is 1. The summed E-state index contributed by atoms with van der Waals surface area (Å²) in [6.45, 7) is 0. The van der Waals surface area contributed by atoms with Crippen LogP contribution in [-0.4, -0.2) is 26.4 Å². The molecule has 2 aromatic rings. The third kappa shape index (κ3) is 3.65. The molecule has 6 nitrogen and oxygen atoms in total. The number of rotatable bonds is 4. The molecule has 21 heavy (non-hydrogen) atoms. The highest BCUT2D eigenvalue weighted by Gasteiger charge is 2.19. The Bertz CT molecular complexity index is 790. The molecule has 1 aromatic carbocycles. The summed E-state index contributed by atoms with van der Waals surface area (Å²) in [5, 5.41) is 2.61. The molecule has 1 heterocycles. The zero-order chi connectivity index (χ0) is 15.6. The van der Waals surface area contributed by atoms with Gasteiger partial charge in [-0.05, 0) is 18.2 Å². The fourth-order valence-corrected chi connectivity index (χ4v) is 4.03. The summed E-state index contributed by atoms with van der Waals surface area (Å²) < 4.78 is 26.7. The van der Waals surface area contributed by atoms with Crippen molar-refractivity contribution in [2.24, 2.45) is 0 Å². The van der Waals surface area contributed by atoms with Crippen LogP contribution in [0.2, 0.25) is 9.49 Å². The van der Waals surface area contributed by atoms with Crippen molar-refractivity contribution < 1.29 is 13.2 Å². The lowest BCUT2D eigenvalue weighted by molar-refractivity contribution is 0.0963. The molecule has 10 heteroatoms. The molecule has 0 aliphatic rings. The molecule has 1 aromatic heterocycles. The molecule has 0 atom stereocenters. The van der Waals surface area contributed by atoms with Crippen molar-refractivity contribution in [3.05, 3.63) is 39.4 Å². The van der Waals surface area contributed by atoms with Crippen LogP contribution in [0.4, 0.5) is 5.69 Å². The normalized spacial score (nSPS) is 11.2. The lowest BCUT2D eigenvalue weighted by Gasteiger charge is -2.09. The van der Waals surface area contributed by atoms with Gasteiger partial charge < -0.3 is 5.32 Å². The Balaban J connectivity index is 2.37. The van der Waals surface area contributed by atoms with Crippen LogP contribution >= 0.6 is 34.5 Å². The van der Waals surface area contributed by atoms with Crippen LogP contribution in [0, 0.1) is 0 Å². The van der Waals surface area contributed by atoms with Crippen molar-refractivity contribution in [2.75, 3.05) is 11.8 Å². The van der Waals surface area contributed by atoms with E-state index in [0.717, 1.165) is 17.5 Å². The number of aromatic nitrogens is 1. The number of benzene rings is 1. The summed E-state index contributed by atoms with van der Waals surface area (Å²) >= 11 is 12.4. The third-order valence-corrected chi connectivity index (χ3v) is 5.69. The van der Waals surface area contributed by atoms with Gasteiger partial charge in [0, 0.05) is 12.6 Å². The second-order valence-electron chi connectivity index (χ2n) is 3.81. The molecule has 112 valence electrons. The monoisotopic (exact) mass is 365 g/mol. The van der Waals surface area contributed by atoms with Crippen LogP contribution in [0.15, 0.2) is 28.6 Å². The van der Waals surface area contributed by atoms with Crippen molar-refractivity contribution in [1.82, 2.24) is 10.3 Å². The van der Waals surface area contributed by atoms with Gasteiger partial charge in [-0.2, -0.15) is 0 Å². The van der Waals surface area contributed by atoms with Crippen LogP contribution in [0.1, 0.15) is 10.4 Å². The standard InChI is InChI=1S/C11H9Cl2N3O3S2/c1-14-10(17)6-2-3-7(12)8(4-6)16-21(18,19)9-5-15-11(13)20-9/h2-5,16H,1H3,(H,14,17). The van der Waals surface area contributed by atoms with Crippen LogP contribution < -0.4 is 10.0 Å². The van der Waals surface area contributed by atoms with Gasteiger partial charge in [0.2, 0.25) is 0 Å². The van der Waals surface area contributed by atoms with Crippen molar-refractivity contribution in [2.45, 2.75) is 4.21 Å². The maximum Gasteiger partial charge on any atom is 0.273 e. The van der Waals surface area contributed by atoms with Crippen LogP contribution in [-0.2, 0) is 10.0 Å². The van der Waals surface area contributed by atoms with Gasteiger partial charge in [0.05, 0.1) is 16.9 Å². The summed E-state index contributed by atoms with van der Waals surface area (Å²) in [7, 11) is -2.39. The van der Waals surface area contributed by atoms with Gasteiger partial charge in [0.15, 0.2) is 8.68 Å². The fraction of sp³-hybridized carbons (Fsp3) is 0.0909. The van der Waals surface area contributed by atoms with E-state index in [-0.39, 0.29) is 30.9 Å². The zero-order valence-corrected chi connectivity index (χ0v) is 13.7. The molecule has 0 bridgehead atoms. The molecule has 1 amide bonds. The highest BCUT2D eigenvalue weighted by molar-refractivity contribution is 7.94. The van der Waals surface area contributed by atoms with Gasteiger partial charge in [0.1, 0.15) is 0 Å². The number of hydrogen-bond acceptors (Lipinski definition) is 5. The Labute approximate surface area is 135 Å². The highest BCUT2D eigenvalue weighted by Crippen LogP contribution is 2.28. The lowest BCUT2D eigenvalue weighted by atomic mass is 10.2. The molecule has 0 aliphatic heterocycles. The van der Waals surface area contributed by atoms with Crippen LogP contribution in [0.25, 0.3) is 0 Å². The van der Waals surface area contributed by atoms with E-state index in [0.29, 0.717) is 0 Å². The number of nitrogens with one attached hydrogen (secondary N) is 2. The van der Waals surface area contributed by atoms with Gasteiger partial charge in [-0.25, -0.2) is 13.4 Å². The molecule has 0 unspecified atom stereocenters. The van der Waals surface area contributed by atoms with Crippen molar-refractivity contribution >= 4 is 56.2 Å². The Kier molecular flexibility index (Phi) is 4.72. The number of thiazole rings is 1. The molecule has 2 N–H and O–H groups in total. The topological polar surface area (TPSA) is 88.2 Å². The molecule has 0 radical (unpaired) electrons. The maximum atomic E-state index is 12.2. The summed E-state index contributed by atoms with van der Waals surface area (Å²) in [5.74, 6) is -0.354. The molecule has 0 spiro atoms. The minimum Gasteiger partial charge on any atom is -0.355 e. The molecule has 0 aliphatic carbocycles. The van der Waals surface area contributed by atoms with Crippen molar-refractivity contribution in [3.63, 3.8) is 0 Å². The highest BCUT2D eigenvalue weighted by atomic mass is 35.5. The Hall–Kier alpha value is -1.35. The Morgan fingerprint density at radius 2 is 2.05 bits per heavy atom. The van der Waals surface area contributed by atoms with E-state index in [4.69, 9.17) is 23.2 Å². The van der Waals surface area contributed by atoms with Crippen molar-refractivity contribution in [3.8, 4) is 0 Å². The summed E-state index contributed by atoms with van der Waals surface area (Å²) in [4.78, 5) is 15.2. The van der Waals surface area contributed by atoms with E-state index in [2.05, 4.69) is 15.0 Å². The van der Waals surface area contributed by atoms with Gasteiger partial charge >= 0.3 is 0 Å². The largest absolute Gasteiger partial charge is 0.355 e. The zero-order valence-electron chi connectivity index (χ0n) is 10.6. The molecule has 2 rings (SSSR count). The average molecular weight is 366 g/mol. The molecule has 0 fully saturated rings. The first kappa shape index (κ1) is 16.0. The first-order chi connectivity index (χ1) is 9.83. The first-order valence-corrected chi connectivity index (χ1v) is 8.55. The third-order valence-electron chi connectivity index (χ3n) is 2.42. The van der Waals surface area contributed by atoms with E-state index in [1.807, 2.05) is 0 Å². The number of sulfonamides is 1. The minimum absolute atomic E-state index is 0.0473. The van der Waals surface area contributed by atoms with Crippen LogP contribution in [0.5, 0.6) is 0 Å². The lowest BCUT2D eigenvalue weighted by Crippen LogP contribution is -2.18. The smallest absolute Gasteiger partial charge is 0.273 e. The summed E-state index contributed by atoms with van der Waals surface area (Å²) in [5.41, 5.74) is 0.379. The molecule has 0 saturated heterocycles. The van der Waals surface area contributed by atoms with E-state index in [9.17, 15) is 13.2 Å². The SMILES string of the molecule is CNC(=O)c1ccc(Cl)c(NS(=O)(=O)c2cnc(Cl)s2)c1. The van der Waals surface area contributed by atoms with Gasteiger partial charge in [-0.3, -0.25) is 9.52 Å². The Morgan fingerprint density at radius 1 is 1.33 bits per heavy atom. The van der Waals surface area contributed by atoms with Crippen LogP contribution in [0.3, 0.4) is 0 Å². The maximum absolute atomic E-state index is 12.2. The minimum atomic E-state index is -3.86. The fourth-order valence-electron chi connectivity index (χ4n) is 1.45. The van der Waals surface area contributed by atoms with E-state index >= 15 is 0 Å². The number of nitrogens with zero attached hydrogens (tertiary/aromatic N) is 1. The van der Waals surface area contributed by atoms with E-state index in [1.165, 1.54) is 25.2 Å². The second kappa shape index (κ2) is 6.18. The summed E-state index contributed by atoms with van der Waals surface area (Å²) in [6.07, 6.45) is 1.14. The first-order valence-electron chi connectivity index (χ1n) is 5.49. The second-order valence-corrected chi connectivity index (χ2v) is 7.74. The number of carbonyl (C=O) groups excluding carboxylic acids is 1. The predicted molar refractivity (Wildman–Crippen MR) is 82.8 cm³/mol. The quantitative estimate of drug-likeness (QED) is 0.871. The summed E-state index contributed by atoms with van der Waals surface area (Å²) in [6, 6.07) is 4.27. The van der Waals surface area contributed by atoms with E-state index < -0.39 is 10.0 Å². The molecular weight excluding hydrogens is 357 g/mol. The van der Waals surface area contributed by atoms with E-state index in [1.54, 1.807) is 0 Å². The molecule has 0 saturated carbocycles.